The number of carbonyl (C=O) groups excluding carboxylic acids is 1. The second-order valence-electron chi connectivity index (χ2n) is 5.23. The molecule has 4 nitrogen and oxygen atoms in total. The van der Waals surface area contributed by atoms with Crippen LogP contribution in [-0.4, -0.2) is 31.3 Å². The van der Waals surface area contributed by atoms with Crippen molar-refractivity contribution in [2.24, 2.45) is 5.92 Å². The van der Waals surface area contributed by atoms with Crippen molar-refractivity contribution in [3.05, 3.63) is 4.88 Å². The predicted octanol–water partition coefficient (Wildman–Crippen LogP) is 3.87. The molecule has 1 fully saturated rings. The van der Waals surface area contributed by atoms with Gasteiger partial charge >= 0.3 is 0 Å². The lowest BCUT2D eigenvalue weighted by molar-refractivity contribution is 0.0900. The summed E-state index contributed by atoms with van der Waals surface area (Å²) in [6, 6.07) is 0. The summed E-state index contributed by atoms with van der Waals surface area (Å²) in [4.78, 5) is 13.6. The molecule has 0 saturated carbocycles. The first-order chi connectivity index (χ1) is 10.1. The molecule has 0 amide bonds. The standard InChI is InChI=1S/C15H24N2O2S2/c1-4-10(18)13-12(16)14(20-3)15(21-13)17-8-9-6-7-19-11(9)5-2/h9,11,17H,4-8,16H2,1-3H3. The SMILES string of the molecule is CCC(=O)c1sc(NCC2CCOC2CC)c(SC)c1N. The first kappa shape index (κ1) is 16.6. The number of rotatable bonds is 7. The highest BCUT2D eigenvalue weighted by Gasteiger charge is 2.27. The topological polar surface area (TPSA) is 64.3 Å². The first-order valence-corrected chi connectivity index (χ1v) is 9.51. The Balaban J connectivity index is 2.10. The summed E-state index contributed by atoms with van der Waals surface area (Å²) in [6.45, 7) is 5.77. The van der Waals surface area contributed by atoms with E-state index >= 15 is 0 Å². The Hall–Kier alpha value is -0.720. The summed E-state index contributed by atoms with van der Waals surface area (Å²) < 4.78 is 5.72. The van der Waals surface area contributed by atoms with Crippen LogP contribution in [0.1, 0.15) is 42.8 Å². The van der Waals surface area contributed by atoms with Crippen LogP contribution in [-0.2, 0) is 4.74 Å². The highest BCUT2D eigenvalue weighted by atomic mass is 32.2. The molecule has 0 radical (unpaired) electrons. The third-order valence-corrected chi connectivity index (χ3v) is 6.12. The molecule has 0 aliphatic carbocycles. The molecule has 0 bridgehead atoms. The molecule has 1 saturated heterocycles. The van der Waals surface area contributed by atoms with Gasteiger partial charge in [-0.25, -0.2) is 0 Å². The van der Waals surface area contributed by atoms with Crippen LogP contribution in [0.25, 0.3) is 0 Å². The van der Waals surface area contributed by atoms with Crippen molar-refractivity contribution in [2.45, 2.75) is 44.1 Å². The lowest BCUT2D eigenvalue weighted by Gasteiger charge is -2.17. The number of nitrogens with one attached hydrogen (secondary N) is 1. The van der Waals surface area contributed by atoms with Gasteiger partial charge in [-0.3, -0.25) is 4.79 Å². The van der Waals surface area contributed by atoms with Gasteiger partial charge in [0.25, 0.3) is 0 Å². The van der Waals surface area contributed by atoms with Gasteiger partial charge in [-0.15, -0.1) is 23.1 Å². The number of carbonyl (C=O) groups is 1. The Kier molecular flexibility index (Phi) is 5.96. The van der Waals surface area contributed by atoms with Crippen molar-refractivity contribution in [3.63, 3.8) is 0 Å². The fourth-order valence-corrected chi connectivity index (χ4v) is 4.77. The van der Waals surface area contributed by atoms with E-state index in [9.17, 15) is 4.79 Å². The fourth-order valence-electron chi connectivity index (χ4n) is 2.72. The Morgan fingerprint density at radius 3 is 2.90 bits per heavy atom. The molecule has 1 aliphatic heterocycles. The van der Waals surface area contributed by atoms with Gasteiger partial charge in [-0.05, 0) is 19.1 Å². The molecule has 21 heavy (non-hydrogen) atoms. The second-order valence-corrected chi connectivity index (χ2v) is 7.07. The first-order valence-electron chi connectivity index (χ1n) is 7.47. The van der Waals surface area contributed by atoms with E-state index in [1.54, 1.807) is 11.8 Å². The number of hydrogen-bond acceptors (Lipinski definition) is 6. The quantitative estimate of drug-likeness (QED) is 0.587. The molecule has 3 N–H and O–H groups in total. The Bertz CT molecular complexity index is 502. The lowest BCUT2D eigenvalue weighted by atomic mass is 10.00. The third-order valence-electron chi connectivity index (χ3n) is 3.95. The zero-order chi connectivity index (χ0) is 15.4. The summed E-state index contributed by atoms with van der Waals surface area (Å²) >= 11 is 3.09. The largest absolute Gasteiger partial charge is 0.396 e. The van der Waals surface area contributed by atoms with Crippen molar-refractivity contribution in [3.8, 4) is 0 Å². The molecule has 6 heteroatoms. The molecule has 0 aromatic carbocycles. The lowest BCUT2D eigenvalue weighted by Crippen LogP contribution is -2.22. The maximum Gasteiger partial charge on any atom is 0.174 e. The van der Waals surface area contributed by atoms with Gasteiger partial charge in [0.05, 0.1) is 21.6 Å². The number of thiophene rings is 1. The minimum atomic E-state index is 0.122. The molecule has 118 valence electrons. The Morgan fingerprint density at radius 1 is 1.52 bits per heavy atom. The summed E-state index contributed by atoms with van der Waals surface area (Å²) in [5.41, 5.74) is 6.77. The minimum absolute atomic E-state index is 0.122. The monoisotopic (exact) mass is 328 g/mol. The van der Waals surface area contributed by atoms with Gasteiger partial charge in [0.2, 0.25) is 0 Å². The van der Waals surface area contributed by atoms with E-state index in [4.69, 9.17) is 10.5 Å². The van der Waals surface area contributed by atoms with E-state index in [1.807, 2.05) is 13.2 Å². The van der Waals surface area contributed by atoms with Gasteiger partial charge in [0, 0.05) is 25.5 Å². The van der Waals surface area contributed by atoms with Crippen molar-refractivity contribution in [1.82, 2.24) is 0 Å². The molecule has 1 aliphatic rings. The van der Waals surface area contributed by atoms with Crippen LogP contribution in [0.2, 0.25) is 0 Å². The van der Waals surface area contributed by atoms with Crippen LogP contribution in [0.15, 0.2) is 4.90 Å². The van der Waals surface area contributed by atoms with Gasteiger partial charge in [-0.1, -0.05) is 13.8 Å². The number of nitrogen functional groups attached to an aromatic ring is 1. The maximum atomic E-state index is 11.9. The molecular formula is C15H24N2O2S2. The number of ether oxygens (including phenoxy) is 1. The summed E-state index contributed by atoms with van der Waals surface area (Å²) in [7, 11) is 0. The van der Waals surface area contributed by atoms with Crippen LogP contribution in [0.4, 0.5) is 10.7 Å². The van der Waals surface area contributed by atoms with Gasteiger partial charge in [0.1, 0.15) is 5.00 Å². The van der Waals surface area contributed by atoms with Crippen LogP contribution >= 0.6 is 23.1 Å². The van der Waals surface area contributed by atoms with E-state index < -0.39 is 0 Å². The molecule has 0 spiro atoms. The Labute approximate surface area is 134 Å². The predicted molar refractivity (Wildman–Crippen MR) is 91.8 cm³/mol. The van der Waals surface area contributed by atoms with Crippen LogP contribution in [0, 0.1) is 5.92 Å². The van der Waals surface area contributed by atoms with E-state index in [0.717, 1.165) is 35.9 Å². The van der Waals surface area contributed by atoms with Crippen LogP contribution < -0.4 is 11.1 Å². The normalized spacial score (nSPS) is 21.7. The van der Waals surface area contributed by atoms with E-state index in [1.165, 1.54) is 11.3 Å². The molecule has 1 aromatic rings. The number of hydrogen-bond donors (Lipinski definition) is 2. The molecule has 2 rings (SSSR count). The third kappa shape index (κ3) is 3.55. The summed E-state index contributed by atoms with van der Waals surface area (Å²) in [6.07, 6.45) is 4.99. The Morgan fingerprint density at radius 2 is 2.29 bits per heavy atom. The molecule has 2 heterocycles. The number of ketones is 1. The zero-order valence-corrected chi connectivity index (χ0v) is 14.5. The van der Waals surface area contributed by atoms with Crippen molar-refractivity contribution in [1.29, 1.82) is 0 Å². The average Bonchev–Trinajstić information content (AvgIpc) is 3.07. The number of nitrogens with two attached hydrogens (primary N) is 1. The molecule has 2 atom stereocenters. The highest BCUT2D eigenvalue weighted by molar-refractivity contribution is 7.99. The fraction of sp³-hybridized carbons (Fsp3) is 0.667. The number of Topliss-reactive ketones (excluding diaryl/α,β-unsaturated/α-hetero) is 1. The smallest absolute Gasteiger partial charge is 0.174 e. The second kappa shape index (κ2) is 7.51. The van der Waals surface area contributed by atoms with Gasteiger partial charge in [0.15, 0.2) is 5.78 Å². The van der Waals surface area contributed by atoms with Gasteiger partial charge in [-0.2, -0.15) is 0 Å². The molecular weight excluding hydrogens is 304 g/mol. The molecule has 2 unspecified atom stereocenters. The van der Waals surface area contributed by atoms with E-state index in [0.29, 0.717) is 29.0 Å². The number of anilines is 2. The van der Waals surface area contributed by atoms with Crippen molar-refractivity contribution in [2.75, 3.05) is 30.5 Å². The molecule has 1 aromatic heterocycles. The minimum Gasteiger partial charge on any atom is -0.396 e. The van der Waals surface area contributed by atoms with Crippen LogP contribution in [0.3, 0.4) is 0 Å². The summed E-state index contributed by atoms with van der Waals surface area (Å²) in [5, 5.41) is 4.52. The number of thioether (sulfide) groups is 1. The van der Waals surface area contributed by atoms with Crippen molar-refractivity contribution < 1.29 is 9.53 Å². The van der Waals surface area contributed by atoms with Gasteiger partial charge < -0.3 is 15.8 Å². The maximum absolute atomic E-state index is 11.9. The van der Waals surface area contributed by atoms with Crippen molar-refractivity contribution >= 4 is 39.6 Å². The van der Waals surface area contributed by atoms with Crippen LogP contribution in [0.5, 0.6) is 0 Å². The zero-order valence-electron chi connectivity index (χ0n) is 12.9. The average molecular weight is 329 g/mol. The van der Waals surface area contributed by atoms with E-state index in [-0.39, 0.29) is 5.78 Å². The summed E-state index contributed by atoms with van der Waals surface area (Å²) in [5.74, 6) is 0.662. The highest BCUT2D eigenvalue weighted by Crippen LogP contribution is 2.42. The van der Waals surface area contributed by atoms with E-state index in [2.05, 4.69) is 12.2 Å².